The van der Waals surface area contributed by atoms with Crippen molar-refractivity contribution < 1.29 is 4.74 Å². The van der Waals surface area contributed by atoms with E-state index in [1.807, 2.05) is 60.7 Å². The molecule has 1 aromatic heterocycles. The summed E-state index contributed by atoms with van der Waals surface area (Å²) in [4.78, 5) is 2.25. The van der Waals surface area contributed by atoms with Crippen LogP contribution in [0, 0.1) is 0 Å². The molecule has 1 fully saturated rings. The van der Waals surface area contributed by atoms with E-state index >= 15 is 0 Å². The molecule has 0 bridgehead atoms. The van der Waals surface area contributed by atoms with E-state index in [-0.39, 0.29) is 0 Å². The van der Waals surface area contributed by atoms with Gasteiger partial charge in [-0.3, -0.25) is 0 Å². The minimum atomic E-state index is 0.461. The Hall–Kier alpha value is -3.12. The first-order valence-corrected chi connectivity index (χ1v) is 9.16. The van der Waals surface area contributed by atoms with Gasteiger partial charge in [-0.15, -0.1) is 10.2 Å². The van der Waals surface area contributed by atoms with Gasteiger partial charge in [0.25, 0.3) is 0 Å². The lowest BCUT2D eigenvalue weighted by Crippen LogP contribution is -2.43. The molecule has 0 aliphatic carbocycles. The summed E-state index contributed by atoms with van der Waals surface area (Å²) < 4.78 is 6.07. The van der Waals surface area contributed by atoms with Crippen LogP contribution in [0.25, 0.3) is 11.3 Å². The van der Waals surface area contributed by atoms with Crippen LogP contribution in [0.15, 0.2) is 60.7 Å². The average molecular weight is 361 g/mol. The lowest BCUT2D eigenvalue weighted by atomic mass is 10.1. The number of ether oxygens (including phenoxy) is 1. The number of hydrogen-bond acceptors (Lipinski definition) is 6. The number of nitrogens with one attached hydrogen (secondary N) is 1. The average Bonchev–Trinajstić information content (AvgIpc) is 2.74. The van der Waals surface area contributed by atoms with Gasteiger partial charge in [-0.1, -0.05) is 42.5 Å². The maximum atomic E-state index is 6.10. The topological polar surface area (TPSA) is 76.3 Å². The van der Waals surface area contributed by atoms with E-state index in [1.165, 1.54) is 0 Å². The molecule has 6 heteroatoms. The minimum absolute atomic E-state index is 0.461. The summed E-state index contributed by atoms with van der Waals surface area (Å²) in [7, 11) is 0. The van der Waals surface area contributed by atoms with Crippen LogP contribution in [0.4, 0.5) is 11.5 Å². The maximum absolute atomic E-state index is 6.10. The maximum Gasteiger partial charge on any atom is 0.169 e. The molecule has 27 heavy (non-hydrogen) atoms. The van der Waals surface area contributed by atoms with E-state index in [0.717, 1.165) is 54.4 Å². The molecular weight excluding hydrogens is 338 g/mol. The van der Waals surface area contributed by atoms with Gasteiger partial charge in [0.2, 0.25) is 0 Å². The van der Waals surface area contributed by atoms with Crippen LogP contribution >= 0.6 is 0 Å². The molecule has 6 nitrogen and oxygen atoms in total. The fraction of sp³-hybridized carbons (Fsp3) is 0.238. The van der Waals surface area contributed by atoms with Crippen molar-refractivity contribution in [3.63, 3.8) is 0 Å². The van der Waals surface area contributed by atoms with Crippen LogP contribution in [0.1, 0.15) is 5.56 Å². The highest BCUT2D eigenvalue weighted by Gasteiger charge is 2.17. The zero-order chi connectivity index (χ0) is 18.5. The van der Waals surface area contributed by atoms with Gasteiger partial charge in [-0.25, -0.2) is 0 Å². The minimum Gasteiger partial charge on any atom is -0.488 e. The van der Waals surface area contributed by atoms with Gasteiger partial charge in [0.05, 0.1) is 11.4 Å². The largest absolute Gasteiger partial charge is 0.488 e. The first-order valence-electron chi connectivity index (χ1n) is 9.16. The van der Waals surface area contributed by atoms with Gasteiger partial charge in [0.1, 0.15) is 12.4 Å². The SMILES string of the molecule is Nc1nnc(-c2ccccc2OCc2ccccc2)cc1N1CCNCC1. The zero-order valence-corrected chi connectivity index (χ0v) is 15.1. The molecule has 1 aliphatic heterocycles. The van der Waals surface area contributed by atoms with E-state index in [4.69, 9.17) is 10.5 Å². The Labute approximate surface area is 159 Å². The van der Waals surface area contributed by atoms with Crippen LogP contribution in [-0.2, 0) is 6.61 Å². The fourth-order valence-electron chi connectivity index (χ4n) is 3.22. The van der Waals surface area contributed by atoms with Crippen molar-refractivity contribution in [3.05, 3.63) is 66.2 Å². The third-order valence-electron chi connectivity index (χ3n) is 4.66. The van der Waals surface area contributed by atoms with Gasteiger partial charge in [0.15, 0.2) is 5.82 Å². The lowest BCUT2D eigenvalue weighted by molar-refractivity contribution is 0.307. The molecule has 0 amide bonds. The molecule has 0 unspecified atom stereocenters. The van der Waals surface area contributed by atoms with Crippen LogP contribution < -0.4 is 20.7 Å². The third-order valence-corrected chi connectivity index (χ3v) is 4.66. The third kappa shape index (κ3) is 4.01. The molecule has 0 saturated carbocycles. The Bertz CT molecular complexity index is 894. The smallest absolute Gasteiger partial charge is 0.169 e. The van der Waals surface area contributed by atoms with Crippen molar-refractivity contribution in [1.29, 1.82) is 0 Å². The van der Waals surface area contributed by atoms with Gasteiger partial charge in [-0.05, 0) is 23.8 Å². The molecule has 138 valence electrons. The molecule has 4 rings (SSSR count). The first kappa shape index (κ1) is 17.3. The van der Waals surface area contributed by atoms with E-state index in [2.05, 4.69) is 20.4 Å². The van der Waals surface area contributed by atoms with Gasteiger partial charge in [0, 0.05) is 31.7 Å². The van der Waals surface area contributed by atoms with Gasteiger partial charge >= 0.3 is 0 Å². The highest BCUT2D eigenvalue weighted by atomic mass is 16.5. The predicted octanol–water partition coefficient (Wildman–Crippen LogP) is 2.71. The van der Waals surface area contributed by atoms with Crippen molar-refractivity contribution in [3.8, 4) is 17.0 Å². The summed E-state index contributed by atoms with van der Waals surface area (Å²) in [6, 6.07) is 20.0. The second-order valence-electron chi connectivity index (χ2n) is 6.51. The summed E-state index contributed by atoms with van der Waals surface area (Å²) >= 11 is 0. The Balaban J connectivity index is 1.61. The molecule has 0 spiro atoms. The van der Waals surface area contributed by atoms with Crippen LogP contribution in [0.3, 0.4) is 0 Å². The van der Waals surface area contributed by atoms with E-state index in [1.54, 1.807) is 0 Å². The number of nitrogen functional groups attached to an aromatic ring is 1. The predicted molar refractivity (Wildman–Crippen MR) is 108 cm³/mol. The molecule has 0 radical (unpaired) electrons. The molecule has 0 atom stereocenters. The lowest BCUT2D eigenvalue weighted by Gasteiger charge is -2.30. The molecule has 3 N–H and O–H groups in total. The zero-order valence-electron chi connectivity index (χ0n) is 15.1. The van der Waals surface area contributed by atoms with Crippen molar-refractivity contribution in [2.24, 2.45) is 0 Å². The highest BCUT2D eigenvalue weighted by Crippen LogP contribution is 2.32. The van der Waals surface area contributed by atoms with E-state index in [0.29, 0.717) is 12.4 Å². The van der Waals surface area contributed by atoms with Crippen LogP contribution in [-0.4, -0.2) is 36.4 Å². The molecule has 2 heterocycles. The van der Waals surface area contributed by atoms with Crippen LogP contribution in [0.2, 0.25) is 0 Å². The summed E-state index contributed by atoms with van der Waals surface area (Å²) in [5.74, 6) is 1.25. The molecule has 3 aromatic rings. The number of para-hydroxylation sites is 1. The molecular formula is C21H23N5O. The first-order chi connectivity index (χ1) is 13.3. The number of rotatable bonds is 5. The Morgan fingerprint density at radius 1 is 0.963 bits per heavy atom. The fourth-order valence-corrected chi connectivity index (χ4v) is 3.22. The normalized spacial score (nSPS) is 14.1. The number of nitrogens with two attached hydrogens (primary N) is 1. The van der Waals surface area contributed by atoms with E-state index in [9.17, 15) is 0 Å². The van der Waals surface area contributed by atoms with Crippen molar-refractivity contribution in [2.45, 2.75) is 6.61 Å². The molecule has 2 aromatic carbocycles. The standard InChI is InChI=1S/C21H23N5O/c22-21-19(26-12-10-23-11-13-26)14-18(24-25-21)17-8-4-5-9-20(17)27-15-16-6-2-1-3-7-16/h1-9,14,23H,10-13,15H2,(H2,22,25). The summed E-state index contributed by atoms with van der Waals surface area (Å²) in [5.41, 5.74) is 9.84. The second kappa shape index (κ2) is 8.05. The highest BCUT2D eigenvalue weighted by molar-refractivity contribution is 5.74. The number of benzene rings is 2. The van der Waals surface area contributed by atoms with Gasteiger partial charge < -0.3 is 20.7 Å². The van der Waals surface area contributed by atoms with Crippen molar-refractivity contribution >= 4 is 11.5 Å². The van der Waals surface area contributed by atoms with Gasteiger partial charge in [-0.2, -0.15) is 0 Å². The number of hydrogen-bond donors (Lipinski definition) is 2. The number of piperazine rings is 1. The van der Waals surface area contributed by atoms with E-state index < -0.39 is 0 Å². The second-order valence-corrected chi connectivity index (χ2v) is 6.51. The number of aromatic nitrogens is 2. The number of anilines is 2. The Kier molecular flexibility index (Phi) is 5.16. The Morgan fingerprint density at radius 3 is 2.52 bits per heavy atom. The number of nitrogens with zero attached hydrogens (tertiary/aromatic N) is 3. The monoisotopic (exact) mass is 361 g/mol. The summed E-state index contributed by atoms with van der Waals surface area (Å²) in [6.45, 7) is 4.19. The molecule has 1 aliphatic rings. The summed E-state index contributed by atoms with van der Waals surface area (Å²) in [5, 5.41) is 11.9. The summed E-state index contributed by atoms with van der Waals surface area (Å²) in [6.07, 6.45) is 0. The van der Waals surface area contributed by atoms with Crippen LogP contribution in [0.5, 0.6) is 5.75 Å². The van der Waals surface area contributed by atoms with Crippen molar-refractivity contribution in [1.82, 2.24) is 15.5 Å². The Morgan fingerprint density at radius 2 is 1.70 bits per heavy atom. The molecule has 1 saturated heterocycles. The quantitative estimate of drug-likeness (QED) is 0.728. The van der Waals surface area contributed by atoms with Crippen molar-refractivity contribution in [2.75, 3.05) is 36.8 Å².